The van der Waals surface area contributed by atoms with Crippen LogP contribution in [0.1, 0.15) is 457 Å². The zero-order valence-corrected chi connectivity index (χ0v) is 60.7. The first kappa shape index (κ1) is 87.2. The van der Waals surface area contributed by atoms with Gasteiger partial charge in [0.1, 0.15) is 24.4 Å². The summed E-state index contributed by atoms with van der Waals surface area (Å²) in [6, 6.07) is -0.716. The first-order valence-electron chi connectivity index (χ1n) is 41.2. The summed E-state index contributed by atoms with van der Waals surface area (Å²) >= 11 is 0. The maximum Gasteiger partial charge on any atom is 0.220 e. The summed E-state index contributed by atoms with van der Waals surface area (Å²) in [5, 5.41) is 55.1. The Kier molecular flexibility index (Phi) is 68.8. The fraction of sp³-hybridized carbons (Fsp3) is 0.988. The smallest absolute Gasteiger partial charge is 0.220 e. The summed E-state index contributed by atoms with van der Waals surface area (Å²) in [7, 11) is 0. The molecule has 0 radical (unpaired) electrons. The van der Waals surface area contributed by atoms with Gasteiger partial charge in [-0.25, -0.2) is 0 Å². The van der Waals surface area contributed by atoms with E-state index in [1.165, 1.54) is 392 Å². The van der Waals surface area contributed by atoms with Crippen molar-refractivity contribution in [3.05, 3.63) is 0 Å². The summed E-state index contributed by atoms with van der Waals surface area (Å²) < 4.78 is 11.4. The van der Waals surface area contributed by atoms with Gasteiger partial charge < -0.3 is 40.3 Å². The van der Waals surface area contributed by atoms with Crippen LogP contribution in [-0.4, -0.2) is 87.5 Å². The number of hydrogen-bond donors (Lipinski definition) is 6. The summed E-state index contributed by atoms with van der Waals surface area (Å²) in [4.78, 5) is 13.2. The molecule has 0 aliphatic carbocycles. The minimum absolute atomic E-state index is 0.130. The number of nitrogens with one attached hydrogen (secondary N) is 1. The Balaban J connectivity index is 2.03. The van der Waals surface area contributed by atoms with Gasteiger partial charge in [-0.1, -0.05) is 438 Å². The standard InChI is InChI=1S/C81H161NO8/c1-3-5-7-9-11-13-15-17-19-21-23-25-27-29-31-33-35-37-39-41-43-45-47-49-51-53-55-57-59-61-63-65-67-69-71-77(85)82-74(73-89-81-80(88)79(87)78(86)76(72-83)90-81)75(84)70-68-66-64-62-60-58-56-54-52-50-48-46-44-42-40-38-36-34-32-30-28-26-24-22-20-18-16-14-12-10-8-6-4-2/h74-76,78-81,83-84,86-88H,3-73H2,1-2H3,(H,82,85). The van der Waals surface area contributed by atoms with E-state index in [2.05, 4.69) is 19.2 Å². The molecule has 9 nitrogen and oxygen atoms in total. The number of carbonyl (C=O) groups is 1. The van der Waals surface area contributed by atoms with Crippen LogP contribution in [0.15, 0.2) is 0 Å². The van der Waals surface area contributed by atoms with E-state index in [4.69, 9.17) is 9.47 Å². The van der Waals surface area contributed by atoms with Gasteiger partial charge in [-0.2, -0.15) is 0 Å². The molecule has 7 unspecified atom stereocenters. The molecule has 7 atom stereocenters. The molecule has 0 spiro atoms. The molecule has 9 heteroatoms. The third kappa shape index (κ3) is 58.5. The zero-order chi connectivity index (χ0) is 64.9. The molecular formula is C81H161NO8. The molecule has 0 aromatic heterocycles. The lowest BCUT2D eigenvalue weighted by atomic mass is 9.99. The van der Waals surface area contributed by atoms with Crippen LogP contribution in [0, 0.1) is 0 Å². The van der Waals surface area contributed by atoms with Gasteiger partial charge >= 0.3 is 0 Å². The van der Waals surface area contributed by atoms with E-state index in [0.29, 0.717) is 12.8 Å². The number of ether oxygens (including phenoxy) is 2. The molecule has 1 amide bonds. The Bertz CT molecular complexity index is 1390. The molecule has 0 saturated carbocycles. The SMILES string of the molecule is CCCCCCCCCCCCCCCCCCCCCCCCCCCCCCCCCCCCC(=O)NC(COC1OC(CO)C(O)C(O)C1O)C(O)CCCCCCCCCCCCCCCCCCCCCCCCCCCCCCCCCCC. The highest BCUT2D eigenvalue weighted by Gasteiger charge is 2.44. The van der Waals surface area contributed by atoms with Gasteiger partial charge in [0.15, 0.2) is 6.29 Å². The molecule has 1 heterocycles. The molecule has 1 aliphatic rings. The molecule has 538 valence electrons. The Morgan fingerprint density at radius 1 is 0.333 bits per heavy atom. The van der Waals surface area contributed by atoms with E-state index in [1.807, 2.05) is 0 Å². The van der Waals surface area contributed by atoms with Gasteiger partial charge in [-0.15, -0.1) is 0 Å². The van der Waals surface area contributed by atoms with Crippen LogP contribution in [0.3, 0.4) is 0 Å². The molecule has 1 fully saturated rings. The van der Waals surface area contributed by atoms with Gasteiger partial charge in [0.05, 0.1) is 25.4 Å². The minimum atomic E-state index is -1.55. The molecule has 6 N–H and O–H groups in total. The Morgan fingerprint density at radius 2 is 0.556 bits per heavy atom. The second-order valence-electron chi connectivity index (χ2n) is 29.3. The maximum atomic E-state index is 13.2. The van der Waals surface area contributed by atoms with Gasteiger partial charge in [0, 0.05) is 6.42 Å². The topological polar surface area (TPSA) is 149 Å². The molecular weight excluding hydrogens is 1110 g/mol. The summed E-state index contributed by atoms with van der Waals surface area (Å²) in [6.45, 7) is 3.92. The molecule has 1 rings (SSSR count). The lowest BCUT2D eigenvalue weighted by molar-refractivity contribution is -0.302. The number of amides is 1. The van der Waals surface area contributed by atoms with Crippen molar-refractivity contribution in [3.63, 3.8) is 0 Å². The predicted molar refractivity (Wildman–Crippen MR) is 388 cm³/mol. The van der Waals surface area contributed by atoms with Crippen LogP contribution < -0.4 is 5.32 Å². The van der Waals surface area contributed by atoms with E-state index in [0.717, 1.165) is 38.5 Å². The Hall–Kier alpha value is -0.810. The Morgan fingerprint density at radius 3 is 0.789 bits per heavy atom. The van der Waals surface area contributed by atoms with E-state index in [-0.39, 0.29) is 12.5 Å². The number of aliphatic hydroxyl groups excluding tert-OH is 5. The van der Waals surface area contributed by atoms with Crippen molar-refractivity contribution in [1.29, 1.82) is 0 Å². The average Bonchev–Trinajstić information content (AvgIpc) is 1.24. The van der Waals surface area contributed by atoms with Gasteiger partial charge in [0.25, 0.3) is 0 Å². The first-order valence-corrected chi connectivity index (χ1v) is 41.2. The van der Waals surface area contributed by atoms with Gasteiger partial charge in [-0.3, -0.25) is 4.79 Å². The molecule has 1 aliphatic heterocycles. The number of rotatable bonds is 75. The fourth-order valence-electron chi connectivity index (χ4n) is 14.1. The fourth-order valence-corrected chi connectivity index (χ4v) is 14.1. The lowest BCUT2D eigenvalue weighted by Gasteiger charge is -2.40. The molecule has 0 aromatic carbocycles. The van der Waals surface area contributed by atoms with Crippen LogP contribution in [0.5, 0.6) is 0 Å². The van der Waals surface area contributed by atoms with Crippen LogP contribution in [-0.2, 0) is 14.3 Å². The van der Waals surface area contributed by atoms with Gasteiger partial charge in [0.2, 0.25) is 5.91 Å². The normalized spacial score (nSPS) is 17.6. The number of hydrogen-bond acceptors (Lipinski definition) is 8. The molecule has 90 heavy (non-hydrogen) atoms. The van der Waals surface area contributed by atoms with E-state index in [9.17, 15) is 30.3 Å². The first-order chi connectivity index (χ1) is 44.3. The average molecular weight is 1280 g/mol. The molecule has 1 saturated heterocycles. The van der Waals surface area contributed by atoms with Crippen LogP contribution >= 0.6 is 0 Å². The van der Waals surface area contributed by atoms with Crippen LogP contribution in [0.4, 0.5) is 0 Å². The highest BCUT2D eigenvalue weighted by molar-refractivity contribution is 5.76. The lowest BCUT2D eigenvalue weighted by Crippen LogP contribution is -2.60. The largest absolute Gasteiger partial charge is 0.394 e. The van der Waals surface area contributed by atoms with Crippen molar-refractivity contribution in [2.45, 2.75) is 500 Å². The quantitative estimate of drug-likeness (QED) is 0.0330. The highest BCUT2D eigenvalue weighted by Crippen LogP contribution is 2.25. The second kappa shape index (κ2) is 71.0. The summed E-state index contributed by atoms with van der Waals surface area (Å²) in [5.74, 6) is -0.131. The second-order valence-corrected chi connectivity index (χ2v) is 29.3. The molecule has 0 bridgehead atoms. The monoisotopic (exact) mass is 1280 g/mol. The van der Waals surface area contributed by atoms with Crippen molar-refractivity contribution in [2.75, 3.05) is 13.2 Å². The van der Waals surface area contributed by atoms with E-state index in [1.54, 1.807) is 0 Å². The number of carbonyl (C=O) groups excluding carboxylic acids is 1. The van der Waals surface area contributed by atoms with Crippen LogP contribution in [0.25, 0.3) is 0 Å². The van der Waals surface area contributed by atoms with Crippen molar-refractivity contribution >= 4 is 5.91 Å². The maximum absolute atomic E-state index is 13.2. The number of unbranched alkanes of at least 4 members (excludes halogenated alkanes) is 65. The van der Waals surface area contributed by atoms with Crippen molar-refractivity contribution < 1.29 is 39.8 Å². The summed E-state index contributed by atoms with van der Waals surface area (Å²) in [5.41, 5.74) is 0. The van der Waals surface area contributed by atoms with E-state index >= 15 is 0 Å². The number of aliphatic hydroxyl groups is 5. The third-order valence-corrected chi connectivity index (χ3v) is 20.5. The Labute approximate surface area is 561 Å². The van der Waals surface area contributed by atoms with Crippen molar-refractivity contribution in [1.82, 2.24) is 5.32 Å². The summed E-state index contributed by atoms with van der Waals surface area (Å²) in [6.07, 6.45) is 85.2. The molecule has 0 aromatic rings. The van der Waals surface area contributed by atoms with E-state index < -0.39 is 49.5 Å². The van der Waals surface area contributed by atoms with Crippen molar-refractivity contribution in [3.8, 4) is 0 Å². The van der Waals surface area contributed by atoms with Crippen molar-refractivity contribution in [2.24, 2.45) is 0 Å². The highest BCUT2D eigenvalue weighted by atomic mass is 16.7. The van der Waals surface area contributed by atoms with Crippen LogP contribution in [0.2, 0.25) is 0 Å². The third-order valence-electron chi connectivity index (χ3n) is 20.5. The van der Waals surface area contributed by atoms with Gasteiger partial charge in [-0.05, 0) is 12.8 Å². The zero-order valence-electron chi connectivity index (χ0n) is 60.7. The predicted octanol–water partition coefficient (Wildman–Crippen LogP) is 23.6. The minimum Gasteiger partial charge on any atom is -0.394 e.